The van der Waals surface area contributed by atoms with Crippen LogP contribution >= 0.6 is 34.5 Å². The maximum atomic E-state index is 4.89. The molecule has 1 fully saturated rings. The third-order valence-corrected chi connectivity index (χ3v) is 4.79. The van der Waals surface area contributed by atoms with E-state index in [9.17, 15) is 0 Å². The van der Waals surface area contributed by atoms with Gasteiger partial charge in [-0.3, -0.25) is 0 Å². The van der Waals surface area contributed by atoms with Crippen LogP contribution in [0.25, 0.3) is 5.32 Å². The van der Waals surface area contributed by atoms with Gasteiger partial charge in [0.25, 0.3) is 0 Å². The van der Waals surface area contributed by atoms with E-state index in [4.69, 9.17) is 23.9 Å². The minimum absolute atomic E-state index is 0. The fourth-order valence-corrected chi connectivity index (χ4v) is 3.58. The summed E-state index contributed by atoms with van der Waals surface area (Å²) in [6, 6.07) is 8.24. The summed E-state index contributed by atoms with van der Waals surface area (Å²) in [7, 11) is 9.78. The number of fused-ring (bicyclic) bond motifs is 1. The zero-order valence-corrected chi connectivity index (χ0v) is 18.1. The summed E-state index contributed by atoms with van der Waals surface area (Å²) in [4.78, 5) is 0. The van der Waals surface area contributed by atoms with Gasteiger partial charge in [0.05, 0.1) is 0 Å². The van der Waals surface area contributed by atoms with Crippen molar-refractivity contribution < 1.29 is 17.0 Å². The zero-order chi connectivity index (χ0) is 15.9. The molecular weight excluding hydrogens is 429 g/mol. The molecule has 23 heavy (non-hydrogen) atoms. The molecule has 1 aromatic carbocycles. The third-order valence-electron chi connectivity index (χ3n) is 4.26. The van der Waals surface area contributed by atoms with Gasteiger partial charge in [-0.05, 0) is 42.7 Å². The number of nitrogens with zero attached hydrogens (tertiary/aromatic N) is 1. The Morgan fingerprint density at radius 1 is 1.22 bits per heavy atom. The van der Waals surface area contributed by atoms with Crippen LogP contribution in [0.3, 0.4) is 0 Å². The molecule has 1 aromatic rings. The number of rotatable bonds is 3. The Morgan fingerprint density at radius 3 is 2.52 bits per heavy atom. The van der Waals surface area contributed by atoms with Crippen molar-refractivity contribution in [3.8, 4) is 0 Å². The minimum atomic E-state index is -0.556. The molecule has 3 atom stereocenters. The topological polar surface area (TPSA) is 14.1 Å². The number of halogens is 3. The normalized spacial score (nSPS) is 24.5. The molecule has 1 saturated carbocycles. The summed E-state index contributed by atoms with van der Waals surface area (Å²) in [6.07, 6.45) is 9.57. The van der Waals surface area contributed by atoms with Crippen LogP contribution in [0.15, 0.2) is 52.5 Å². The average molecular weight is 451 g/mol. The van der Waals surface area contributed by atoms with E-state index in [1.165, 1.54) is 18.4 Å². The molecule has 0 N–H and O–H groups in total. The van der Waals surface area contributed by atoms with Gasteiger partial charge < -0.3 is 12.7 Å². The van der Waals surface area contributed by atoms with Crippen molar-refractivity contribution in [2.24, 2.45) is 17.8 Å². The molecule has 3 unspecified atom stereocenters. The van der Waals surface area contributed by atoms with Crippen LogP contribution in [0.5, 0.6) is 0 Å². The molecular formula is C18H22BrCl2NTi-2. The Balaban J connectivity index is 0.000000615. The van der Waals surface area contributed by atoms with Gasteiger partial charge in [-0.2, -0.15) is 0 Å². The molecule has 0 heterocycles. The monoisotopic (exact) mass is 449 g/mol. The van der Waals surface area contributed by atoms with E-state index < -0.39 is 17.0 Å². The molecule has 2 aliphatic rings. The van der Waals surface area contributed by atoms with Gasteiger partial charge in [0, 0.05) is 4.47 Å². The quantitative estimate of drug-likeness (QED) is 0.335. The van der Waals surface area contributed by atoms with Gasteiger partial charge >= 0.3 is 35.6 Å². The van der Waals surface area contributed by atoms with E-state index in [1.807, 2.05) is 0 Å². The predicted molar refractivity (Wildman–Crippen MR) is 103 cm³/mol. The molecule has 0 radical (unpaired) electrons. The van der Waals surface area contributed by atoms with Crippen molar-refractivity contribution in [2.45, 2.75) is 19.8 Å². The Bertz CT molecular complexity index is 530. The van der Waals surface area contributed by atoms with Crippen LogP contribution in [0, 0.1) is 25.2 Å². The van der Waals surface area contributed by atoms with Crippen LogP contribution in [0.1, 0.15) is 19.8 Å². The number of benzene rings is 1. The number of allylic oxidation sites excluding steroid dienone is 3. The molecule has 0 aromatic heterocycles. The second-order valence-electron chi connectivity index (χ2n) is 5.84. The van der Waals surface area contributed by atoms with Crippen LogP contribution in [0.2, 0.25) is 0 Å². The molecule has 0 aliphatic heterocycles. The summed E-state index contributed by atoms with van der Waals surface area (Å²) in [5.41, 5.74) is 2.58. The number of hydrogen-bond donors (Lipinski definition) is 0. The fourth-order valence-electron chi connectivity index (χ4n) is 3.32. The molecule has 5 heteroatoms. The van der Waals surface area contributed by atoms with E-state index in [0.717, 1.165) is 34.5 Å². The van der Waals surface area contributed by atoms with Crippen LogP contribution < -0.4 is 0 Å². The van der Waals surface area contributed by atoms with E-state index in [-0.39, 0.29) is 7.43 Å². The van der Waals surface area contributed by atoms with Gasteiger partial charge in [-0.25, -0.2) is 0 Å². The molecule has 0 amide bonds. The van der Waals surface area contributed by atoms with Crippen molar-refractivity contribution in [3.05, 3.63) is 65.3 Å². The van der Waals surface area contributed by atoms with Crippen LogP contribution in [-0.2, 0) is 17.0 Å². The molecule has 2 aliphatic carbocycles. The summed E-state index contributed by atoms with van der Waals surface area (Å²) < 4.78 is 1.11. The zero-order valence-electron chi connectivity index (χ0n) is 13.5. The second kappa shape index (κ2) is 11.0. The first kappa shape index (κ1) is 21.3. The average Bonchev–Trinajstić information content (AvgIpc) is 2.88. The number of hydrogen-bond acceptors (Lipinski definition) is 0. The molecule has 1 nitrogen and oxygen atoms in total. The van der Waals surface area contributed by atoms with Crippen LogP contribution in [0.4, 0.5) is 5.69 Å². The van der Waals surface area contributed by atoms with Crippen LogP contribution in [-0.4, -0.2) is 6.54 Å². The van der Waals surface area contributed by atoms with E-state index >= 15 is 0 Å². The summed E-state index contributed by atoms with van der Waals surface area (Å²) in [5.74, 6) is 2.35. The van der Waals surface area contributed by atoms with E-state index in [0.29, 0.717) is 0 Å². The third kappa shape index (κ3) is 6.59. The summed E-state index contributed by atoms with van der Waals surface area (Å²) in [6.45, 7) is 3.22. The Kier molecular flexibility index (Phi) is 10.2. The molecule has 0 saturated heterocycles. The fraction of sp³-hybridized carbons (Fsp3) is 0.389. The Morgan fingerprint density at radius 2 is 1.87 bits per heavy atom. The SMILES string of the molecule is CC1CC2C=CC=C(C[N-]c3ccc(Br)cc3)C2C1.[CH3-].[Cl][Ti][Cl]. The summed E-state index contributed by atoms with van der Waals surface area (Å²) >= 11 is 2.90. The Labute approximate surface area is 165 Å². The Hall–Kier alpha value is 0.274. The standard InChI is InChI=1S/C17H19BrN.CH3.2ClH.Ti/c1-12-9-13-3-2-4-14(17(13)10-12)11-19-16-7-5-15(18)6-8-16;;;;/h2-8,12-13,17H,9-11H2,1H3;1H3;2*1H;/q2*-1;;;+2/p-2. The van der Waals surface area contributed by atoms with Crippen molar-refractivity contribution in [2.75, 3.05) is 6.54 Å². The van der Waals surface area contributed by atoms with Crippen molar-refractivity contribution in [3.63, 3.8) is 0 Å². The second-order valence-corrected chi connectivity index (χ2v) is 9.33. The maximum absolute atomic E-state index is 4.89. The molecule has 0 spiro atoms. The van der Waals surface area contributed by atoms with Crippen molar-refractivity contribution in [1.82, 2.24) is 0 Å². The molecule has 126 valence electrons. The molecule has 0 bridgehead atoms. The van der Waals surface area contributed by atoms with Gasteiger partial charge in [-0.1, -0.05) is 58.8 Å². The van der Waals surface area contributed by atoms with Gasteiger partial charge in [-0.15, -0.1) is 12.2 Å². The van der Waals surface area contributed by atoms with Crippen molar-refractivity contribution in [1.29, 1.82) is 0 Å². The van der Waals surface area contributed by atoms with Gasteiger partial charge in [0.2, 0.25) is 0 Å². The first-order chi connectivity index (χ1) is 10.6. The van der Waals surface area contributed by atoms with Crippen molar-refractivity contribution >= 4 is 40.2 Å². The molecule has 3 rings (SSSR count). The predicted octanol–water partition coefficient (Wildman–Crippen LogP) is 7.44. The van der Waals surface area contributed by atoms with Gasteiger partial charge in [0.15, 0.2) is 0 Å². The van der Waals surface area contributed by atoms with E-state index in [1.54, 1.807) is 0 Å². The first-order valence-electron chi connectivity index (χ1n) is 7.40. The first-order valence-corrected chi connectivity index (χ1v) is 12.5. The summed E-state index contributed by atoms with van der Waals surface area (Å²) in [5, 5.41) is 4.73. The van der Waals surface area contributed by atoms with Gasteiger partial charge in [0.1, 0.15) is 0 Å². The van der Waals surface area contributed by atoms with E-state index in [2.05, 4.69) is 65.3 Å².